The van der Waals surface area contributed by atoms with Gasteiger partial charge in [0.05, 0.1) is 0 Å². The summed E-state index contributed by atoms with van der Waals surface area (Å²) in [5, 5.41) is 4.11. The van der Waals surface area contributed by atoms with E-state index in [0.717, 1.165) is 11.8 Å². The van der Waals surface area contributed by atoms with Crippen molar-refractivity contribution < 1.29 is 0 Å². The predicted molar refractivity (Wildman–Crippen MR) is 227 cm³/mol. The third kappa shape index (κ3) is 40.6. The molecule has 0 amide bonds. The van der Waals surface area contributed by atoms with Crippen LogP contribution >= 0.6 is 0 Å². The Kier molecular flexibility index (Phi) is 44.1. The van der Waals surface area contributed by atoms with Gasteiger partial charge in [0.1, 0.15) is 0 Å². The maximum atomic E-state index is 4.11. The second-order valence-electron chi connectivity index (χ2n) is 16.9. The van der Waals surface area contributed by atoms with Crippen molar-refractivity contribution in [1.82, 2.24) is 5.32 Å². The summed E-state index contributed by atoms with van der Waals surface area (Å²) in [5.41, 5.74) is 0. The van der Waals surface area contributed by atoms with Gasteiger partial charge in [-0.1, -0.05) is 259 Å². The maximum absolute atomic E-state index is 4.11. The Morgan fingerprint density at radius 3 is 0.571 bits per heavy atom. The Bertz CT molecular complexity index is 509. The summed E-state index contributed by atoms with van der Waals surface area (Å²) in [7, 11) is 0. The smallest absolute Gasteiger partial charge is 0.00204 e. The lowest BCUT2D eigenvalue weighted by Gasteiger charge is -2.22. The molecule has 0 spiro atoms. The lowest BCUT2D eigenvalue weighted by molar-refractivity contribution is 0.340. The van der Waals surface area contributed by atoms with Gasteiger partial charge in [-0.25, -0.2) is 0 Å². The van der Waals surface area contributed by atoms with E-state index in [0.29, 0.717) is 0 Å². The summed E-state index contributed by atoms with van der Waals surface area (Å²) in [6.45, 7) is 11.9. The number of nitrogens with one attached hydrogen (secondary N) is 1. The fourth-order valence-electron chi connectivity index (χ4n) is 8.16. The molecule has 1 nitrogen and oxygen atoms in total. The fraction of sp³-hybridized carbons (Fsp3) is 1.00. The molecule has 296 valence electrons. The van der Waals surface area contributed by atoms with Gasteiger partial charge < -0.3 is 5.32 Å². The molecule has 0 bridgehead atoms. The molecule has 0 fully saturated rings. The average Bonchev–Trinajstić information content (AvgIpc) is 3.11. The van der Waals surface area contributed by atoms with E-state index < -0.39 is 0 Å². The standard InChI is InChI=1S/C48H99N/c1-5-9-13-17-21-25-27-31-35-39-43-47(41-37-33-29-23-19-15-11-7-3)45-49-46-48(42-38-34-30-24-20-16-12-8-4)44-40-36-32-28-26-22-18-14-10-6-2/h47-49H,5-46H2,1-4H3. The van der Waals surface area contributed by atoms with Crippen LogP contribution in [0, 0.1) is 11.8 Å². The first-order valence-electron chi connectivity index (χ1n) is 24.0. The Balaban J connectivity index is 4.58. The van der Waals surface area contributed by atoms with Crippen molar-refractivity contribution in [2.24, 2.45) is 11.8 Å². The minimum absolute atomic E-state index is 0.912. The lowest BCUT2D eigenvalue weighted by Crippen LogP contribution is -2.28. The van der Waals surface area contributed by atoms with Crippen LogP contribution in [-0.4, -0.2) is 13.1 Å². The molecule has 0 aromatic heterocycles. The largest absolute Gasteiger partial charge is 0.316 e. The first kappa shape index (κ1) is 49.0. The summed E-state index contributed by atoms with van der Waals surface area (Å²) in [4.78, 5) is 0. The van der Waals surface area contributed by atoms with E-state index in [1.165, 1.54) is 270 Å². The zero-order valence-corrected chi connectivity index (χ0v) is 35.4. The van der Waals surface area contributed by atoms with E-state index in [-0.39, 0.29) is 0 Å². The van der Waals surface area contributed by atoms with Gasteiger partial charge in [0.15, 0.2) is 0 Å². The highest BCUT2D eigenvalue weighted by atomic mass is 14.9. The Labute approximate surface area is 313 Å². The molecule has 0 heterocycles. The van der Waals surface area contributed by atoms with E-state index in [1.807, 2.05) is 0 Å². The molecule has 0 saturated heterocycles. The zero-order chi connectivity index (χ0) is 35.6. The third-order valence-corrected chi connectivity index (χ3v) is 11.7. The minimum atomic E-state index is 0.912. The van der Waals surface area contributed by atoms with Crippen LogP contribution in [0.5, 0.6) is 0 Å². The maximum Gasteiger partial charge on any atom is -0.00204 e. The fourth-order valence-corrected chi connectivity index (χ4v) is 8.16. The molecule has 0 radical (unpaired) electrons. The quantitative estimate of drug-likeness (QED) is 0.0628. The van der Waals surface area contributed by atoms with Gasteiger partial charge in [-0.05, 0) is 50.6 Å². The van der Waals surface area contributed by atoms with Crippen LogP contribution in [0.4, 0.5) is 0 Å². The molecule has 0 aliphatic heterocycles. The van der Waals surface area contributed by atoms with Crippen LogP contribution in [-0.2, 0) is 0 Å². The van der Waals surface area contributed by atoms with Gasteiger partial charge in [0.2, 0.25) is 0 Å². The summed E-state index contributed by atoms with van der Waals surface area (Å²) >= 11 is 0. The molecule has 0 aromatic carbocycles. The van der Waals surface area contributed by atoms with Crippen molar-refractivity contribution in [3.05, 3.63) is 0 Å². The first-order valence-corrected chi connectivity index (χ1v) is 24.0. The second-order valence-corrected chi connectivity index (χ2v) is 16.9. The lowest BCUT2D eigenvalue weighted by atomic mass is 9.92. The van der Waals surface area contributed by atoms with Crippen LogP contribution in [0.15, 0.2) is 0 Å². The highest BCUT2D eigenvalue weighted by Crippen LogP contribution is 2.22. The highest BCUT2D eigenvalue weighted by Gasteiger charge is 2.13. The topological polar surface area (TPSA) is 12.0 Å². The average molecular weight is 690 g/mol. The van der Waals surface area contributed by atoms with E-state index in [4.69, 9.17) is 0 Å². The molecule has 49 heavy (non-hydrogen) atoms. The molecule has 0 aromatic rings. The number of hydrogen-bond acceptors (Lipinski definition) is 1. The van der Waals surface area contributed by atoms with Crippen molar-refractivity contribution >= 4 is 0 Å². The van der Waals surface area contributed by atoms with Gasteiger partial charge in [-0.15, -0.1) is 0 Å². The van der Waals surface area contributed by atoms with Crippen molar-refractivity contribution in [1.29, 1.82) is 0 Å². The van der Waals surface area contributed by atoms with E-state index >= 15 is 0 Å². The third-order valence-electron chi connectivity index (χ3n) is 11.7. The van der Waals surface area contributed by atoms with Crippen molar-refractivity contribution in [2.45, 2.75) is 285 Å². The molecule has 2 unspecified atom stereocenters. The molecule has 0 rings (SSSR count). The summed E-state index contributed by atoms with van der Waals surface area (Å²) in [5.74, 6) is 1.82. The Morgan fingerprint density at radius 1 is 0.224 bits per heavy atom. The molecule has 1 heteroatoms. The first-order chi connectivity index (χ1) is 24.3. The predicted octanol–water partition coefficient (Wildman–Crippen LogP) is 17.5. The summed E-state index contributed by atoms with van der Waals surface area (Å²) in [6.07, 6.45) is 58.3. The Morgan fingerprint density at radius 2 is 0.388 bits per heavy atom. The molecule has 0 aliphatic carbocycles. The SMILES string of the molecule is CCCCCCCCCCCCC(CCCCCCCCCC)CNCC(CCCCCCCCCC)CCCCCCCCCCCC. The molecule has 0 saturated carbocycles. The van der Waals surface area contributed by atoms with Crippen molar-refractivity contribution in [3.8, 4) is 0 Å². The highest BCUT2D eigenvalue weighted by molar-refractivity contribution is 4.69. The molecular weight excluding hydrogens is 591 g/mol. The van der Waals surface area contributed by atoms with Crippen LogP contribution in [0.25, 0.3) is 0 Å². The monoisotopic (exact) mass is 690 g/mol. The van der Waals surface area contributed by atoms with Crippen molar-refractivity contribution in [2.75, 3.05) is 13.1 Å². The normalized spacial score (nSPS) is 13.0. The van der Waals surface area contributed by atoms with Gasteiger partial charge in [-0.2, -0.15) is 0 Å². The van der Waals surface area contributed by atoms with E-state index in [9.17, 15) is 0 Å². The van der Waals surface area contributed by atoms with Crippen LogP contribution in [0.2, 0.25) is 0 Å². The zero-order valence-electron chi connectivity index (χ0n) is 35.4. The van der Waals surface area contributed by atoms with Gasteiger partial charge in [0.25, 0.3) is 0 Å². The second kappa shape index (κ2) is 44.1. The van der Waals surface area contributed by atoms with Crippen LogP contribution < -0.4 is 5.32 Å². The van der Waals surface area contributed by atoms with Gasteiger partial charge in [0, 0.05) is 0 Å². The Hall–Kier alpha value is -0.0400. The van der Waals surface area contributed by atoms with Crippen molar-refractivity contribution in [3.63, 3.8) is 0 Å². The van der Waals surface area contributed by atoms with Crippen LogP contribution in [0.3, 0.4) is 0 Å². The molecule has 0 aliphatic rings. The van der Waals surface area contributed by atoms with Gasteiger partial charge >= 0.3 is 0 Å². The molecule has 1 N–H and O–H groups in total. The minimum Gasteiger partial charge on any atom is -0.316 e. The molecular formula is C48H99N. The number of rotatable bonds is 44. The van der Waals surface area contributed by atoms with Gasteiger partial charge in [-0.3, -0.25) is 0 Å². The van der Waals surface area contributed by atoms with E-state index in [1.54, 1.807) is 0 Å². The number of unbranched alkanes of at least 4 members (excludes halogenated alkanes) is 32. The van der Waals surface area contributed by atoms with Crippen LogP contribution in [0.1, 0.15) is 285 Å². The summed E-state index contributed by atoms with van der Waals surface area (Å²) < 4.78 is 0. The number of hydrogen-bond donors (Lipinski definition) is 1. The summed E-state index contributed by atoms with van der Waals surface area (Å²) in [6, 6.07) is 0. The van der Waals surface area contributed by atoms with E-state index in [2.05, 4.69) is 33.0 Å². The molecule has 2 atom stereocenters.